The quantitative estimate of drug-likeness (QED) is 0.739. The van der Waals surface area contributed by atoms with Gasteiger partial charge in [0.05, 0.1) is 0 Å². The summed E-state index contributed by atoms with van der Waals surface area (Å²) in [6, 6.07) is 5.11. The highest BCUT2D eigenvalue weighted by atomic mass is 35.5. The Morgan fingerprint density at radius 2 is 2.20 bits per heavy atom. The molecule has 0 aliphatic carbocycles. The minimum absolute atomic E-state index is 0.176. The number of sulfone groups is 1. The van der Waals surface area contributed by atoms with E-state index in [1.54, 1.807) is 18.2 Å². The summed E-state index contributed by atoms with van der Waals surface area (Å²) < 4.78 is 23.5. The maximum Gasteiger partial charge on any atom is 0.166 e. The first-order valence-electron chi connectivity index (χ1n) is 4.13. The van der Waals surface area contributed by atoms with Gasteiger partial charge in [0.25, 0.3) is 0 Å². The van der Waals surface area contributed by atoms with E-state index in [4.69, 9.17) is 11.6 Å². The summed E-state index contributed by atoms with van der Waals surface area (Å²) in [5.41, 5.74) is 0.543. The molecule has 0 N–H and O–H groups in total. The van der Waals surface area contributed by atoms with E-state index in [1.807, 2.05) is 0 Å². The molecule has 2 aromatic heterocycles. The predicted molar refractivity (Wildman–Crippen MR) is 56.5 cm³/mol. The van der Waals surface area contributed by atoms with Crippen molar-refractivity contribution in [2.24, 2.45) is 0 Å². The van der Waals surface area contributed by atoms with E-state index in [0.717, 1.165) is 6.26 Å². The highest BCUT2D eigenvalue weighted by Gasteiger charge is 2.11. The number of hydrogen-bond donors (Lipinski definition) is 0. The van der Waals surface area contributed by atoms with Gasteiger partial charge in [-0.05, 0) is 12.1 Å². The maximum absolute atomic E-state index is 11.0. The molecule has 2 aromatic rings. The monoisotopic (exact) mass is 245 g/mol. The molecule has 0 saturated heterocycles. The highest BCUT2D eigenvalue weighted by molar-refractivity contribution is 7.89. The molecule has 15 heavy (non-hydrogen) atoms. The van der Waals surface area contributed by atoms with Crippen molar-refractivity contribution in [2.45, 2.75) is 5.75 Å². The van der Waals surface area contributed by atoms with E-state index in [-0.39, 0.29) is 11.6 Å². The summed E-state index contributed by atoms with van der Waals surface area (Å²) in [7, 11) is -3.12. The summed E-state index contributed by atoms with van der Waals surface area (Å²) >= 11 is 5.85. The van der Waals surface area contributed by atoms with Crippen molar-refractivity contribution in [3.63, 3.8) is 0 Å². The van der Waals surface area contributed by atoms with Gasteiger partial charge in [0.15, 0.2) is 21.3 Å². The molecule has 0 atom stereocenters. The molecular formula is C8H8ClN3O2S. The summed E-state index contributed by atoms with van der Waals surface area (Å²) in [5.74, 6) is 0.0796. The van der Waals surface area contributed by atoms with Crippen molar-refractivity contribution in [3.05, 3.63) is 29.2 Å². The van der Waals surface area contributed by atoms with Gasteiger partial charge in [0.2, 0.25) is 0 Å². The molecule has 2 heterocycles. The number of fused-ring (bicyclic) bond motifs is 1. The topological polar surface area (TPSA) is 64.3 Å². The van der Waals surface area contributed by atoms with Gasteiger partial charge >= 0.3 is 0 Å². The molecule has 0 aromatic carbocycles. The summed E-state index contributed by atoms with van der Waals surface area (Å²) in [4.78, 5) is 4.05. The molecule has 2 rings (SSSR count). The second-order valence-corrected chi connectivity index (χ2v) is 5.74. The first kappa shape index (κ1) is 10.4. The number of nitrogens with zero attached hydrogens (tertiary/aromatic N) is 3. The Hall–Kier alpha value is -1.14. The van der Waals surface area contributed by atoms with E-state index in [0.29, 0.717) is 10.8 Å². The third-order valence-corrected chi connectivity index (χ3v) is 2.82. The zero-order valence-electron chi connectivity index (χ0n) is 7.88. The van der Waals surface area contributed by atoms with Crippen LogP contribution in [0.15, 0.2) is 18.2 Å². The fourth-order valence-corrected chi connectivity index (χ4v) is 2.00. The van der Waals surface area contributed by atoms with Crippen molar-refractivity contribution in [1.29, 1.82) is 0 Å². The molecule has 0 saturated carbocycles. The fraction of sp³-hybridized carbons (Fsp3) is 0.250. The standard InChI is InChI=1S/C8H8ClN3O2S/c1-15(13,14)5-7-10-8-4-2-3-6(9)12(8)11-7/h2-4H,5H2,1H3. The number of halogens is 1. The zero-order chi connectivity index (χ0) is 11.1. The van der Waals surface area contributed by atoms with Crippen LogP contribution >= 0.6 is 11.6 Å². The summed E-state index contributed by atoms with van der Waals surface area (Å²) in [5, 5.41) is 4.39. The molecular weight excluding hydrogens is 238 g/mol. The Balaban J connectivity index is 2.53. The van der Waals surface area contributed by atoms with Crippen LogP contribution in [0, 0.1) is 0 Å². The van der Waals surface area contributed by atoms with E-state index in [2.05, 4.69) is 10.1 Å². The summed E-state index contributed by atoms with van der Waals surface area (Å²) in [6.45, 7) is 0. The maximum atomic E-state index is 11.0. The second kappa shape index (κ2) is 3.46. The Labute approximate surface area is 91.6 Å². The van der Waals surface area contributed by atoms with Crippen LogP contribution < -0.4 is 0 Å². The van der Waals surface area contributed by atoms with Gasteiger partial charge in [-0.3, -0.25) is 0 Å². The number of aromatic nitrogens is 3. The Morgan fingerprint density at radius 3 is 2.80 bits per heavy atom. The van der Waals surface area contributed by atoms with Gasteiger partial charge in [-0.25, -0.2) is 17.9 Å². The predicted octanol–water partition coefficient (Wildman–Crippen LogP) is 0.927. The largest absolute Gasteiger partial charge is 0.229 e. The lowest BCUT2D eigenvalue weighted by atomic mass is 10.5. The first-order chi connectivity index (χ1) is 6.96. The fourth-order valence-electron chi connectivity index (χ4n) is 1.21. The SMILES string of the molecule is CS(=O)(=O)Cc1nc2cccc(Cl)n2n1. The van der Waals surface area contributed by atoms with Gasteiger partial charge in [0, 0.05) is 6.26 Å². The molecule has 5 nitrogen and oxygen atoms in total. The van der Waals surface area contributed by atoms with Crippen molar-refractivity contribution in [3.8, 4) is 0 Å². The smallest absolute Gasteiger partial charge is 0.166 e. The van der Waals surface area contributed by atoms with Crippen LogP contribution in [0.4, 0.5) is 0 Å². The van der Waals surface area contributed by atoms with Crippen LogP contribution in [0.3, 0.4) is 0 Å². The van der Waals surface area contributed by atoms with Gasteiger partial charge in [-0.1, -0.05) is 17.7 Å². The van der Waals surface area contributed by atoms with Crippen LogP contribution in [0.5, 0.6) is 0 Å². The van der Waals surface area contributed by atoms with E-state index in [9.17, 15) is 8.42 Å². The third-order valence-electron chi connectivity index (χ3n) is 1.75. The van der Waals surface area contributed by atoms with Crippen molar-refractivity contribution in [1.82, 2.24) is 14.6 Å². The molecule has 7 heteroatoms. The number of hydrogen-bond acceptors (Lipinski definition) is 4. The lowest BCUT2D eigenvalue weighted by molar-refractivity contribution is 0.599. The van der Waals surface area contributed by atoms with Crippen LogP contribution in [0.1, 0.15) is 5.82 Å². The van der Waals surface area contributed by atoms with E-state index in [1.165, 1.54) is 4.52 Å². The van der Waals surface area contributed by atoms with Gasteiger partial charge in [-0.2, -0.15) is 0 Å². The van der Waals surface area contributed by atoms with Crippen LogP contribution in [0.2, 0.25) is 5.15 Å². The third kappa shape index (κ3) is 2.27. The highest BCUT2D eigenvalue weighted by Crippen LogP contribution is 2.11. The zero-order valence-corrected chi connectivity index (χ0v) is 9.46. The second-order valence-electron chi connectivity index (χ2n) is 3.22. The lowest BCUT2D eigenvalue weighted by Crippen LogP contribution is -2.02. The van der Waals surface area contributed by atoms with Gasteiger partial charge in [0.1, 0.15) is 10.9 Å². The van der Waals surface area contributed by atoms with Crippen LogP contribution in [-0.4, -0.2) is 29.3 Å². The van der Waals surface area contributed by atoms with Crippen LogP contribution in [0.25, 0.3) is 5.65 Å². The normalized spacial score (nSPS) is 12.1. The molecule has 0 radical (unpaired) electrons. The average Bonchev–Trinajstić information content (AvgIpc) is 2.45. The minimum Gasteiger partial charge on any atom is -0.229 e. The summed E-state index contributed by atoms with van der Waals surface area (Å²) in [6.07, 6.45) is 1.14. The molecule has 0 aliphatic rings. The molecule has 0 spiro atoms. The molecule has 0 unspecified atom stereocenters. The molecule has 0 amide bonds. The van der Waals surface area contributed by atoms with E-state index >= 15 is 0 Å². The minimum atomic E-state index is -3.12. The first-order valence-corrected chi connectivity index (χ1v) is 6.57. The van der Waals surface area contributed by atoms with Crippen LogP contribution in [-0.2, 0) is 15.6 Å². The Bertz CT molecular complexity index is 605. The van der Waals surface area contributed by atoms with Gasteiger partial charge < -0.3 is 0 Å². The van der Waals surface area contributed by atoms with Crippen molar-refractivity contribution >= 4 is 27.1 Å². The van der Waals surface area contributed by atoms with Crippen molar-refractivity contribution < 1.29 is 8.42 Å². The molecule has 80 valence electrons. The number of pyridine rings is 1. The van der Waals surface area contributed by atoms with E-state index < -0.39 is 9.84 Å². The van der Waals surface area contributed by atoms with Gasteiger partial charge in [-0.15, -0.1) is 5.10 Å². The lowest BCUT2D eigenvalue weighted by Gasteiger charge is -1.92. The average molecular weight is 246 g/mol. The molecule has 0 bridgehead atoms. The molecule has 0 aliphatic heterocycles. The van der Waals surface area contributed by atoms with Crippen molar-refractivity contribution in [2.75, 3.05) is 6.26 Å². The Morgan fingerprint density at radius 1 is 1.47 bits per heavy atom. The number of rotatable bonds is 2. The molecule has 0 fully saturated rings. The Kier molecular flexibility index (Phi) is 2.40.